The average Bonchev–Trinajstić information content (AvgIpc) is 3.18. The summed E-state index contributed by atoms with van der Waals surface area (Å²) < 4.78 is 32.0. The fraction of sp³-hybridized carbons (Fsp3) is 0.385. The molecule has 0 spiro atoms. The molecule has 2 saturated heterocycles. The zero-order chi connectivity index (χ0) is 21.3. The Morgan fingerprint density at radius 1 is 1.41 bits per heavy atom. The minimum atomic E-state index is -5.06. The van der Waals surface area contributed by atoms with Crippen LogP contribution in [0, 0.1) is 0 Å². The lowest BCUT2D eigenvalue weighted by molar-refractivity contribution is -0.162. The number of anilines is 1. The van der Waals surface area contributed by atoms with E-state index in [2.05, 4.69) is 15.5 Å². The normalized spacial score (nSPS) is 22.3. The monoisotopic (exact) mass is 446 g/mol. The van der Waals surface area contributed by atoms with E-state index >= 15 is 0 Å². The van der Waals surface area contributed by atoms with Crippen molar-refractivity contribution in [2.75, 3.05) is 5.73 Å². The summed E-state index contributed by atoms with van der Waals surface area (Å²) in [4.78, 5) is 57.1. The molecular formula is C13H14N6O8S2. The van der Waals surface area contributed by atoms with Crippen molar-refractivity contribution in [3.8, 4) is 0 Å². The quantitative estimate of drug-likeness (QED) is 0.136. The van der Waals surface area contributed by atoms with Crippen LogP contribution in [0.2, 0.25) is 0 Å². The fourth-order valence-electron chi connectivity index (χ4n) is 2.75. The highest BCUT2D eigenvalue weighted by Crippen LogP contribution is 2.30. The maximum atomic E-state index is 12.1. The van der Waals surface area contributed by atoms with Crippen molar-refractivity contribution >= 4 is 56.6 Å². The van der Waals surface area contributed by atoms with Gasteiger partial charge in [0.1, 0.15) is 6.21 Å². The Hall–Kier alpha value is -3.11. The number of nitrogens with two attached hydrogens (primary N) is 1. The topological polar surface area (TPSA) is 202 Å². The van der Waals surface area contributed by atoms with Crippen molar-refractivity contribution in [3.05, 3.63) is 11.1 Å². The lowest BCUT2D eigenvalue weighted by atomic mass is 10.0. The molecule has 0 unspecified atom stereocenters. The van der Waals surface area contributed by atoms with Crippen LogP contribution in [-0.4, -0.2) is 69.2 Å². The number of nitrogens with zero attached hydrogens (tertiary/aromatic N) is 4. The summed E-state index contributed by atoms with van der Waals surface area (Å²) in [5, 5.41) is 7.45. The van der Waals surface area contributed by atoms with Crippen LogP contribution in [0.3, 0.4) is 0 Å². The van der Waals surface area contributed by atoms with Gasteiger partial charge in [0, 0.05) is 18.2 Å². The molecule has 2 fully saturated rings. The molecule has 4 amide bonds. The largest absolute Gasteiger partial charge is 0.389 e. The van der Waals surface area contributed by atoms with Gasteiger partial charge in [0.2, 0.25) is 11.8 Å². The first-order valence-electron chi connectivity index (χ1n) is 7.91. The van der Waals surface area contributed by atoms with Crippen LogP contribution in [0.1, 0.15) is 18.5 Å². The number of aromatic nitrogens is 1. The number of nitrogens with one attached hydrogen (secondary N) is 1. The predicted molar refractivity (Wildman–Crippen MR) is 95.0 cm³/mol. The van der Waals surface area contributed by atoms with Crippen molar-refractivity contribution in [1.82, 2.24) is 19.5 Å². The summed E-state index contributed by atoms with van der Waals surface area (Å²) in [6.07, 6.45) is -1.39. The number of thiazole rings is 1. The fourth-order valence-corrected chi connectivity index (χ4v) is 4.12. The predicted octanol–water partition coefficient (Wildman–Crippen LogP) is -2.17. The van der Waals surface area contributed by atoms with Crippen LogP contribution in [0.25, 0.3) is 0 Å². The van der Waals surface area contributed by atoms with Crippen LogP contribution in [0.5, 0.6) is 0 Å². The molecule has 2 aliphatic heterocycles. The Balaban J connectivity index is 1.65. The zero-order valence-electron chi connectivity index (χ0n) is 14.4. The van der Waals surface area contributed by atoms with E-state index in [-0.39, 0.29) is 23.8 Å². The lowest BCUT2D eigenvalue weighted by Gasteiger charge is -2.46. The van der Waals surface area contributed by atoms with E-state index in [1.54, 1.807) is 5.38 Å². The number of amides is 4. The molecule has 3 heterocycles. The molecule has 0 saturated carbocycles. The van der Waals surface area contributed by atoms with Crippen LogP contribution in [-0.2, 0) is 40.9 Å². The van der Waals surface area contributed by atoms with Gasteiger partial charge in [-0.1, -0.05) is 5.16 Å². The highest BCUT2D eigenvalue weighted by molar-refractivity contribution is 7.84. The Bertz CT molecular complexity index is 989. The summed E-state index contributed by atoms with van der Waals surface area (Å²) in [6, 6.07) is -1.57. The Morgan fingerprint density at radius 2 is 2.07 bits per heavy atom. The molecular weight excluding hydrogens is 432 g/mol. The number of hydrogen-bond acceptors (Lipinski definition) is 11. The van der Waals surface area contributed by atoms with E-state index in [0.29, 0.717) is 21.9 Å². The number of likely N-dealkylation sites (tertiary alicyclic amines) is 1. The summed E-state index contributed by atoms with van der Waals surface area (Å²) in [6.45, 7) is -0.0736. The maximum absolute atomic E-state index is 12.1. The average molecular weight is 446 g/mol. The molecule has 1 aromatic rings. The number of hydrogen-bond donors (Lipinski definition) is 3. The van der Waals surface area contributed by atoms with Gasteiger partial charge in [0.25, 0.3) is 11.8 Å². The van der Waals surface area contributed by atoms with Crippen molar-refractivity contribution in [2.45, 2.75) is 31.7 Å². The summed E-state index contributed by atoms with van der Waals surface area (Å²) in [7, 11) is -5.06. The minimum absolute atomic E-state index is 0.0423. The lowest BCUT2D eigenvalue weighted by Crippen LogP contribution is -2.77. The molecule has 2 atom stereocenters. The first-order chi connectivity index (χ1) is 13.6. The third-order valence-electron chi connectivity index (χ3n) is 3.95. The van der Waals surface area contributed by atoms with Crippen LogP contribution >= 0.6 is 11.3 Å². The van der Waals surface area contributed by atoms with Gasteiger partial charge in [-0.25, -0.2) is 4.98 Å². The second-order valence-electron chi connectivity index (χ2n) is 5.85. The van der Waals surface area contributed by atoms with Crippen molar-refractivity contribution < 1.29 is 37.0 Å². The molecule has 1 aromatic heterocycles. The molecule has 14 nitrogen and oxygen atoms in total. The summed E-state index contributed by atoms with van der Waals surface area (Å²) in [5.41, 5.74) is 5.93. The van der Waals surface area contributed by atoms with Crippen LogP contribution in [0.15, 0.2) is 10.5 Å². The van der Waals surface area contributed by atoms with E-state index < -0.39 is 46.1 Å². The van der Waals surface area contributed by atoms with Gasteiger partial charge < -0.3 is 15.9 Å². The number of nitrogen functional groups attached to an aromatic ring is 1. The van der Waals surface area contributed by atoms with Crippen LogP contribution < -0.4 is 11.1 Å². The van der Waals surface area contributed by atoms with Crippen molar-refractivity contribution in [1.29, 1.82) is 0 Å². The first kappa shape index (κ1) is 20.6. The van der Waals surface area contributed by atoms with Crippen molar-refractivity contribution in [3.63, 3.8) is 0 Å². The van der Waals surface area contributed by atoms with E-state index in [1.165, 1.54) is 11.3 Å². The molecule has 156 valence electrons. The zero-order valence-corrected chi connectivity index (χ0v) is 16.1. The molecule has 0 aromatic carbocycles. The number of rotatable bonds is 7. The number of imide groups is 1. The highest BCUT2D eigenvalue weighted by atomic mass is 32.2. The molecule has 3 rings (SSSR count). The highest BCUT2D eigenvalue weighted by Gasteiger charge is 2.60. The van der Waals surface area contributed by atoms with Gasteiger partial charge in [-0.3, -0.25) is 28.6 Å². The molecule has 16 heteroatoms. The third kappa shape index (κ3) is 4.17. The molecule has 0 aliphatic carbocycles. The summed E-state index contributed by atoms with van der Waals surface area (Å²) in [5.74, 6) is -3.65. The Labute approximate surface area is 167 Å². The Kier molecular flexibility index (Phi) is 5.49. The Morgan fingerprint density at radius 3 is 2.62 bits per heavy atom. The van der Waals surface area contributed by atoms with Crippen LogP contribution in [0.4, 0.5) is 5.13 Å². The van der Waals surface area contributed by atoms with Gasteiger partial charge in [-0.2, -0.15) is 12.7 Å². The molecule has 29 heavy (non-hydrogen) atoms. The third-order valence-corrected chi connectivity index (χ3v) is 5.56. The van der Waals surface area contributed by atoms with Gasteiger partial charge in [-0.15, -0.1) is 11.3 Å². The van der Waals surface area contributed by atoms with E-state index in [0.717, 1.165) is 0 Å². The molecule has 0 radical (unpaired) electrons. The SMILES string of the molecule is Nc1nc(CO/N=C\C(=O)N[C@@H]2C(=O)N(S(=O)(=O)O)[C@@H]2N2C(=O)CCC2=O)cs1. The minimum Gasteiger partial charge on any atom is -0.389 e. The standard InChI is InChI=1S/C13H14N6O8S2/c14-13-16-6(5-28-13)4-27-15-3-7(20)17-10-11(18-8(21)1-2-9(18)22)19(12(10)23)29(24,25)26/h3,5,10-11H,1-2,4H2,(H2,14,16)(H,17,20)(H,24,25,26)/b15-3-/t10-,11-/m0/s1. The second kappa shape index (κ2) is 7.72. The number of carbonyl (C=O) groups is 4. The second-order valence-corrected chi connectivity index (χ2v) is 8.03. The van der Waals surface area contributed by atoms with Gasteiger partial charge in [-0.05, 0) is 0 Å². The molecule has 0 bridgehead atoms. The number of carbonyl (C=O) groups excluding carboxylic acids is 4. The van der Waals surface area contributed by atoms with Crippen molar-refractivity contribution in [2.24, 2.45) is 5.16 Å². The van der Waals surface area contributed by atoms with Gasteiger partial charge in [0.05, 0.1) is 5.69 Å². The number of β-lactam (4-membered cyclic amide) rings is 1. The van der Waals surface area contributed by atoms with Gasteiger partial charge in [0.15, 0.2) is 23.9 Å². The molecule has 4 N–H and O–H groups in total. The maximum Gasteiger partial charge on any atom is 0.364 e. The van der Waals surface area contributed by atoms with Gasteiger partial charge >= 0.3 is 10.3 Å². The van der Waals surface area contributed by atoms with E-state index in [9.17, 15) is 32.1 Å². The van der Waals surface area contributed by atoms with E-state index in [1.807, 2.05) is 0 Å². The molecule has 2 aliphatic rings. The first-order valence-corrected chi connectivity index (χ1v) is 10.2. The smallest absolute Gasteiger partial charge is 0.364 e. The number of oxime groups is 1. The van der Waals surface area contributed by atoms with E-state index in [4.69, 9.17) is 10.6 Å². The summed E-state index contributed by atoms with van der Waals surface area (Å²) >= 11 is 1.19.